The fourth-order valence-electron chi connectivity index (χ4n) is 1.58. The molecule has 0 radical (unpaired) electrons. The molecule has 0 fully saturated rings. The third kappa shape index (κ3) is 2.71. The van der Waals surface area contributed by atoms with E-state index in [1.807, 2.05) is 6.07 Å². The first-order valence-corrected chi connectivity index (χ1v) is 5.97. The number of carboxylic acid groups (broad SMARTS) is 1. The van der Waals surface area contributed by atoms with Gasteiger partial charge in [0.2, 0.25) is 5.88 Å². The molecule has 0 saturated heterocycles. The van der Waals surface area contributed by atoms with Gasteiger partial charge in [-0.3, -0.25) is 0 Å². The third-order valence-corrected chi connectivity index (χ3v) is 2.92. The Morgan fingerprint density at radius 3 is 2.85 bits per heavy atom. The molecule has 1 heterocycles. The Bertz CT molecular complexity index is 723. The molecule has 0 aliphatic heterocycles. The normalized spacial score (nSPS) is 9.85. The second kappa shape index (κ2) is 5.59. The van der Waals surface area contributed by atoms with Crippen molar-refractivity contribution in [3.8, 4) is 17.7 Å². The molecule has 2 aromatic rings. The van der Waals surface area contributed by atoms with Gasteiger partial charge in [0.05, 0.1) is 5.56 Å². The summed E-state index contributed by atoms with van der Waals surface area (Å²) in [6.45, 7) is 1.80. The van der Waals surface area contributed by atoms with Gasteiger partial charge in [-0.15, -0.1) is 0 Å². The van der Waals surface area contributed by atoms with Crippen LogP contribution in [0.3, 0.4) is 0 Å². The summed E-state index contributed by atoms with van der Waals surface area (Å²) >= 11 is 5.97. The molecule has 0 amide bonds. The van der Waals surface area contributed by atoms with Crippen molar-refractivity contribution < 1.29 is 14.6 Å². The SMILES string of the molecule is Cc1ccc(C(=O)O)c(Oc2nccc(C#N)c2Cl)c1. The Kier molecular flexibility index (Phi) is 3.87. The number of benzene rings is 1. The maximum atomic E-state index is 11.1. The molecule has 20 heavy (non-hydrogen) atoms. The van der Waals surface area contributed by atoms with Gasteiger partial charge in [-0.2, -0.15) is 5.26 Å². The summed E-state index contributed by atoms with van der Waals surface area (Å²) in [6.07, 6.45) is 1.37. The fraction of sp³-hybridized carbons (Fsp3) is 0.0714. The molecule has 0 unspecified atom stereocenters. The van der Waals surface area contributed by atoms with E-state index >= 15 is 0 Å². The summed E-state index contributed by atoms with van der Waals surface area (Å²) in [5, 5.41) is 18.1. The number of nitriles is 1. The van der Waals surface area contributed by atoms with Crippen LogP contribution in [0.25, 0.3) is 0 Å². The largest absolute Gasteiger partial charge is 0.478 e. The number of ether oxygens (including phenoxy) is 1. The molecule has 2 rings (SSSR count). The predicted octanol–water partition coefficient (Wildman–Crippen LogP) is 3.41. The molecule has 0 bridgehead atoms. The number of carboxylic acids is 1. The minimum absolute atomic E-state index is 0.00110. The highest BCUT2D eigenvalue weighted by Crippen LogP contribution is 2.31. The van der Waals surface area contributed by atoms with E-state index in [1.54, 1.807) is 19.1 Å². The van der Waals surface area contributed by atoms with Gasteiger partial charge in [-0.25, -0.2) is 9.78 Å². The second-order valence-corrected chi connectivity index (χ2v) is 4.37. The van der Waals surface area contributed by atoms with Gasteiger partial charge >= 0.3 is 5.97 Å². The van der Waals surface area contributed by atoms with E-state index < -0.39 is 5.97 Å². The average molecular weight is 289 g/mol. The van der Waals surface area contributed by atoms with E-state index in [9.17, 15) is 4.79 Å². The van der Waals surface area contributed by atoms with Crippen LogP contribution in [0.15, 0.2) is 30.5 Å². The van der Waals surface area contributed by atoms with Crippen molar-refractivity contribution in [3.05, 3.63) is 52.2 Å². The van der Waals surface area contributed by atoms with Gasteiger partial charge in [0, 0.05) is 6.20 Å². The number of nitrogens with zero attached hydrogens (tertiary/aromatic N) is 2. The lowest BCUT2D eigenvalue weighted by molar-refractivity contribution is 0.0694. The number of aromatic nitrogens is 1. The summed E-state index contributed by atoms with van der Waals surface area (Å²) in [5.41, 5.74) is 1.04. The monoisotopic (exact) mass is 288 g/mol. The molecular weight excluding hydrogens is 280 g/mol. The van der Waals surface area contributed by atoms with Crippen LogP contribution in [0.4, 0.5) is 0 Å². The van der Waals surface area contributed by atoms with Crippen molar-refractivity contribution in [2.45, 2.75) is 6.92 Å². The zero-order valence-electron chi connectivity index (χ0n) is 10.4. The molecule has 0 spiro atoms. The number of pyridine rings is 1. The Morgan fingerprint density at radius 2 is 2.20 bits per heavy atom. The Morgan fingerprint density at radius 1 is 1.45 bits per heavy atom. The summed E-state index contributed by atoms with van der Waals surface area (Å²) < 4.78 is 5.45. The summed E-state index contributed by atoms with van der Waals surface area (Å²) in [6, 6.07) is 8.02. The standard InChI is InChI=1S/C14H9ClN2O3/c1-8-2-3-10(14(18)19)11(6-8)20-13-12(15)9(7-16)4-5-17-13/h2-6H,1H3,(H,18,19). The molecule has 0 aliphatic rings. The predicted molar refractivity (Wildman–Crippen MR) is 72.2 cm³/mol. The highest BCUT2D eigenvalue weighted by atomic mass is 35.5. The number of halogens is 1. The topological polar surface area (TPSA) is 83.2 Å². The first-order valence-electron chi connectivity index (χ1n) is 5.59. The fourth-order valence-corrected chi connectivity index (χ4v) is 1.77. The van der Waals surface area contributed by atoms with Gasteiger partial charge in [-0.1, -0.05) is 17.7 Å². The van der Waals surface area contributed by atoms with Crippen LogP contribution < -0.4 is 4.74 Å². The molecule has 0 atom stereocenters. The Hall–Kier alpha value is -2.58. The van der Waals surface area contributed by atoms with E-state index in [0.717, 1.165) is 5.56 Å². The van der Waals surface area contributed by atoms with Gasteiger partial charge in [-0.05, 0) is 30.7 Å². The van der Waals surface area contributed by atoms with Crippen LogP contribution >= 0.6 is 11.6 Å². The number of hydrogen-bond acceptors (Lipinski definition) is 4. The lowest BCUT2D eigenvalue weighted by Gasteiger charge is -2.10. The molecule has 6 heteroatoms. The molecule has 1 aromatic carbocycles. The first kappa shape index (κ1) is 13.8. The highest BCUT2D eigenvalue weighted by Gasteiger charge is 2.15. The number of hydrogen-bond donors (Lipinski definition) is 1. The van der Waals surface area contributed by atoms with E-state index in [1.165, 1.54) is 18.3 Å². The van der Waals surface area contributed by atoms with Crippen molar-refractivity contribution in [1.82, 2.24) is 4.98 Å². The lowest BCUT2D eigenvalue weighted by atomic mass is 10.1. The van der Waals surface area contributed by atoms with E-state index in [0.29, 0.717) is 0 Å². The molecule has 1 N–H and O–H groups in total. The first-order chi connectivity index (χ1) is 9.52. The van der Waals surface area contributed by atoms with Gasteiger partial charge < -0.3 is 9.84 Å². The smallest absolute Gasteiger partial charge is 0.339 e. The summed E-state index contributed by atoms with van der Waals surface area (Å²) in [7, 11) is 0. The number of rotatable bonds is 3. The van der Waals surface area contributed by atoms with Crippen molar-refractivity contribution in [1.29, 1.82) is 5.26 Å². The van der Waals surface area contributed by atoms with E-state index in [4.69, 9.17) is 26.7 Å². The quantitative estimate of drug-likeness (QED) is 0.935. The van der Waals surface area contributed by atoms with Crippen molar-refractivity contribution in [2.24, 2.45) is 0 Å². The van der Waals surface area contributed by atoms with Gasteiger partial charge in [0.15, 0.2) is 0 Å². The van der Waals surface area contributed by atoms with Gasteiger partial charge in [0.25, 0.3) is 0 Å². The maximum Gasteiger partial charge on any atom is 0.339 e. The van der Waals surface area contributed by atoms with Crippen LogP contribution in [-0.2, 0) is 0 Å². The zero-order valence-corrected chi connectivity index (χ0v) is 11.2. The number of aryl methyl sites for hydroxylation is 1. The minimum atomic E-state index is -1.12. The summed E-state index contributed by atoms with van der Waals surface area (Å²) in [5.74, 6) is -0.992. The molecule has 5 nitrogen and oxygen atoms in total. The molecule has 1 aromatic heterocycles. The Labute approximate surface area is 120 Å². The Balaban J connectivity index is 2.48. The van der Waals surface area contributed by atoms with Crippen molar-refractivity contribution in [2.75, 3.05) is 0 Å². The molecular formula is C14H9ClN2O3. The minimum Gasteiger partial charge on any atom is -0.478 e. The highest BCUT2D eigenvalue weighted by molar-refractivity contribution is 6.33. The van der Waals surface area contributed by atoms with Crippen molar-refractivity contribution in [3.63, 3.8) is 0 Å². The third-order valence-electron chi connectivity index (χ3n) is 2.55. The van der Waals surface area contributed by atoms with Crippen LogP contribution in [0.5, 0.6) is 11.6 Å². The van der Waals surface area contributed by atoms with E-state index in [-0.39, 0.29) is 27.8 Å². The molecule has 0 aliphatic carbocycles. The van der Waals surface area contributed by atoms with Crippen LogP contribution in [0.1, 0.15) is 21.5 Å². The van der Waals surface area contributed by atoms with Gasteiger partial charge in [0.1, 0.15) is 22.4 Å². The number of carbonyl (C=O) groups is 1. The average Bonchev–Trinajstić information content (AvgIpc) is 2.41. The molecule has 100 valence electrons. The van der Waals surface area contributed by atoms with E-state index in [2.05, 4.69) is 4.98 Å². The summed E-state index contributed by atoms with van der Waals surface area (Å²) in [4.78, 5) is 15.1. The molecule has 0 saturated carbocycles. The lowest BCUT2D eigenvalue weighted by Crippen LogP contribution is -2.01. The second-order valence-electron chi connectivity index (χ2n) is 4.00. The number of aromatic carboxylic acids is 1. The zero-order chi connectivity index (χ0) is 14.7. The van der Waals surface area contributed by atoms with Crippen LogP contribution in [0.2, 0.25) is 5.02 Å². The maximum absolute atomic E-state index is 11.1. The van der Waals surface area contributed by atoms with Crippen LogP contribution in [-0.4, -0.2) is 16.1 Å². The van der Waals surface area contributed by atoms with Crippen molar-refractivity contribution >= 4 is 17.6 Å². The van der Waals surface area contributed by atoms with Crippen LogP contribution in [0, 0.1) is 18.3 Å².